The van der Waals surface area contributed by atoms with Crippen molar-refractivity contribution in [2.24, 2.45) is 0 Å². The van der Waals surface area contributed by atoms with Gasteiger partial charge < -0.3 is 14.3 Å². The number of methoxy groups -OCH3 is 1. The van der Waals surface area contributed by atoms with Crippen LogP contribution in [0.15, 0.2) is 58.5 Å². The molecule has 35 heavy (non-hydrogen) atoms. The first-order chi connectivity index (χ1) is 16.6. The Labute approximate surface area is 200 Å². The third-order valence-electron chi connectivity index (χ3n) is 6.06. The van der Waals surface area contributed by atoms with Crippen molar-refractivity contribution in [1.82, 2.24) is 14.5 Å². The molecule has 0 aliphatic carbocycles. The molecule has 3 heterocycles. The van der Waals surface area contributed by atoms with E-state index in [1.165, 1.54) is 19.4 Å². The van der Waals surface area contributed by atoms with Gasteiger partial charge in [0.25, 0.3) is 0 Å². The lowest BCUT2D eigenvalue weighted by Gasteiger charge is -2.19. The lowest BCUT2D eigenvalue weighted by molar-refractivity contribution is 0.417. The smallest absolute Gasteiger partial charge is 0.333 e. The minimum absolute atomic E-state index is 0.0577. The number of terminal acetylenes is 1. The van der Waals surface area contributed by atoms with Crippen LogP contribution in [0.25, 0.3) is 44.0 Å². The Morgan fingerprint density at radius 1 is 1.14 bits per heavy atom. The van der Waals surface area contributed by atoms with E-state index in [0.717, 1.165) is 17.1 Å². The number of aromatic amines is 1. The van der Waals surface area contributed by atoms with Crippen LogP contribution < -0.4 is 10.2 Å². The molecule has 0 spiro atoms. The second kappa shape index (κ2) is 7.96. The minimum Gasteiger partial charge on any atom is -0.496 e. The molecule has 0 bridgehead atoms. The summed E-state index contributed by atoms with van der Waals surface area (Å²) < 4.78 is 44.1. The second-order valence-electron chi connectivity index (χ2n) is 8.46. The van der Waals surface area contributed by atoms with E-state index in [0.29, 0.717) is 44.4 Å². The maximum absolute atomic E-state index is 13.7. The maximum Gasteiger partial charge on any atom is 0.333 e. The Kier molecular flexibility index (Phi) is 5.15. The predicted octanol–water partition coefficient (Wildman–Crippen LogP) is 4.93. The zero-order valence-electron chi connectivity index (χ0n) is 19.1. The number of H-pyrrole nitrogens is 1. The van der Waals surface area contributed by atoms with Crippen LogP contribution in [-0.4, -0.2) is 30.1 Å². The van der Waals surface area contributed by atoms with E-state index >= 15 is 0 Å². The van der Waals surface area contributed by atoms with Gasteiger partial charge in [-0.05, 0) is 44.2 Å². The van der Waals surface area contributed by atoms with E-state index in [1.54, 1.807) is 18.2 Å². The van der Waals surface area contributed by atoms with Gasteiger partial charge in [-0.3, -0.25) is 9.78 Å². The number of nitrogens with zero attached hydrogens (tertiary/aromatic N) is 2. The van der Waals surface area contributed by atoms with Crippen molar-refractivity contribution in [2.45, 2.75) is 24.8 Å². The van der Waals surface area contributed by atoms with E-state index in [1.807, 2.05) is 30.5 Å². The zero-order valence-corrected chi connectivity index (χ0v) is 19.9. The number of nitrogens with one attached hydrogen (secondary N) is 1. The molecule has 1 N–H and O–H groups in total. The van der Waals surface area contributed by atoms with Gasteiger partial charge >= 0.3 is 10.2 Å². The van der Waals surface area contributed by atoms with Gasteiger partial charge in [-0.1, -0.05) is 12.0 Å². The second-order valence-corrected chi connectivity index (χ2v) is 9.81. The Bertz CT molecular complexity index is 1880. The fourth-order valence-electron chi connectivity index (χ4n) is 4.52. The van der Waals surface area contributed by atoms with Crippen molar-refractivity contribution in [2.75, 3.05) is 7.11 Å². The highest BCUT2D eigenvalue weighted by Crippen LogP contribution is 2.37. The normalized spacial score (nSPS) is 12.0. The van der Waals surface area contributed by atoms with E-state index in [4.69, 9.17) is 11.2 Å². The van der Waals surface area contributed by atoms with Crippen molar-refractivity contribution < 1.29 is 17.0 Å². The molecule has 5 aromatic rings. The minimum atomic E-state index is -4.95. The number of hydrogen-bond acceptors (Lipinski definition) is 5. The standard InChI is InChI=1S/C26H20FN3O4S/c1-5-15-6-7-18-21(8-15)29-26-24(18)25(31)20-11-23(34-4)19(10-22(20)30(26)14(2)3)16-9-17(13-28-12-16)35(27,32)33/h1,6-14,29H,2-4H3. The molecule has 0 amide bonds. The molecule has 9 heteroatoms. The van der Waals surface area contributed by atoms with Crippen LogP contribution in [0.3, 0.4) is 0 Å². The molecular weight excluding hydrogens is 469 g/mol. The molecule has 3 aromatic heterocycles. The number of pyridine rings is 2. The molecule has 0 aliphatic rings. The molecule has 2 aromatic carbocycles. The SMILES string of the molecule is C#Cc1ccc2c(c1)[nH]c1c2c(=O)c2cc(OC)c(-c3cncc(S(=O)(=O)F)c3)cc2n1C(C)C. The molecule has 0 unspecified atom stereocenters. The number of ether oxygens (including phenoxy) is 1. The van der Waals surface area contributed by atoms with E-state index in [-0.39, 0.29) is 11.5 Å². The first kappa shape index (κ1) is 22.6. The zero-order chi connectivity index (χ0) is 25.1. The van der Waals surface area contributed by atoms with Crippen LogP contribution in [0.1, 0.15) is 25.5 Å². The number of halogens is 1. The molecule has 0 fully saturated rings. The maximum atomic E-state index is 13.7. The highest BCUT2D eigenvalue weighted by Gasteiger charge is 2.21. The van der Waals surface area contributed by atoms with Crippen molar-refractivity contribution in [3.8, 4) is 29.2 Å². The summed E-state index contributed by atoms with van der Waals surface area (Å²) in [5.41, 5.74) is 3.29. The highest BCUT2D eigenvalue weighted by molar-refractivity contribution is 7.86. The lowest BCUT2D eigenvalue weighted by atomic mass is 10.0. The van der Waals surface area contributed by atoms with Gasteiger partial charge in [0.15, 0.2) is 5.43 Å². The topological polar surface area (TPSA) is 94.1 Å². The Morgan fingerprint density at radius 2 is 1.91 bits per heavy atom. The molecule has 7 nitrogen and oxygen atoms in total. The highest BCUT2D eigenvalue weighted by atomic mass is 32.3. The molecule has 0 atom stereocenters. The number of hydrogen-bond donors (Lipinski definition) is 1. The third kappa shape index (κ3) is 3.54. The summed E-state index contributed by atoms with van der Waals surface area (Å²) in [6.45, 7) is 3.98. The van der Waals surface area contributed by atoms with Gasteiger partial charge in [0, 0.05) is 46.0 Å². The number of rotatable bonds is 4. The fraction of sp³-hybridized carbons (Fsp3) is 0.154. The van der Waals surface area contributed by atoms with Gasteiger partial charge in [-0.25, -0.2) is 0 Å². The Hall–Kier alpha value is -4.16. The van der Waals surface area contributed by atoms with Gasteiger partial charge in [0.05, 0.1) is 23.4 Å². The van der Waals surface area contributed by atoms with Crippen molar-refractivity contribution in [3.63, 3.8) is 0 Å². The quantitative estimate of drug-likeness (QED) is 0.285. The fourth-order valence-corrected chi connectivity index (χ4v) is 4.97. The van der Waals surface area contributed by atoms with Crippen LogP contribution in [0, 0.1) is 12.3 Å². The predicted molar refractivity (Wildman–Crippen MR) is 134 cm³/mol. The van der Waals surface area contributed by atoms with Crippen molar-refractivity contribution >= 4 is 43.1 Å². The van der Waals surface area contributed by atoms with Gasteiger partial charge in [0.1, 0.15) is 16.3 Å². The van der Waals surface area contributed by atoms with Crippen LogP contribution in [0.2, 0.25) is 0 Å². The first-order valence-corrected chi connectivity index (χ1v) is 12.1. The third-order valence-corrected chi connectivity index (χ3v) is 6.84. The van der Waals surface area contributed by atoms with Gasteiger partial charge in [0.2, 0.25) is 0 Å². The summed E-state index contributed by atoms with van der Waals surface area (Å²) in [5, 5.41) is 1.72. The molecule has 5 rings (SSSR count). The van der Waals surface area contributed by atoms with Crippen LogP contribution in [-0.2, 0) is 10.2 Å². The summed E-state index contributed by atoms with van der Waals surface area (Å²) in [6, 6.07) is 9.94. The number of benzene rings is 2. The van der Waals surface area contributed by atoms with Crippen LogP contribution >= 0.6 is 0 Å². The largest absolute Gasteiger partial charge is 0.496 e. The molecule has 0 saturated heterocycles. The number of aromatic nitrogens is 3. The van der Waals surface area contributed by atoms with Gasteiger partial charge in [-0.15, -0.1) is 10.3 Å². The molecular formula is C26H20FN3O4S. The van der Waals surface area contributed by atoms with E-state index < -0.39 is 15.1 Å². The van der Waals surface area contributed by atoms with Gasteiger partial charge in [-0.2, -0.15) is 8.42 Å². The van der Waals surface area contributed by atoms with Crippen LogP contribution in [0.5, 0.6) is 5.75 Å². The summed E-state index contributed by atoms with van der Waals surface area (Å²) in [6.07, 6.45) is 7.91. The molecule has 176 valence electrons. The average Bonchev–Trinajstić information content (AvgIpc) is 3.21. The monoisotopic (exact) mass is 489 g/mol. The van der Waals surface area contributed by atoms with E-state index in [2.05, 4.69) is 15.9 Å². The Balaban J connectivity index is 1.93. The number of fused-ring (bicyclic) bond motifs is 4. The average molecular weight is 490 g/mol. The van der Waals surface area contributed by atoms with Crippen molar-refractivity contribution in [1.29, 1.82) is 0 Å². The summed E-state index contributed by atoms with van der Waals surface area (Å²) in [7, 11) is -3.51. The first-order valence-electron chi connectivity index (χ1n) is 10.7. The molecule has 0 saturated carbocycles. The Morgan fingerprint density at radius 3 is 2.57 bits per heavy atom. The van der Waals surface area contributed by atoms with Crippen LogP contribution in [0.4, 0.5) is 3.89 Å². The molecule has 0 radical (unpaired) electrons. The van der Waals surface area contributed by atoms with Crippen molar-refractivity contribution in [3.05, 3.63) is 64.6 Å². The lowest BCUT2D eigenvalue weighted by Crippen LogP contribution is -2.13. The summed E-state index contributed by atoms with van der Waals surface area (Å²) in [4.78, 5) is 20.4. The summed E-state index contributed by atoms with van der Waals surface area (Å²) in [5.74, 6) is 2.93. The van der Waals surface area contributed by atoms with E-state index in [9.17, 15) is 17.1 Å². The summed E-state index contributed by atoms with van der Waals surface area (Å²) >= 11 is 0. The molecule has 0 aliphatic heterocycles.